The topological polar surface area (TPSA) is 78.5 Å². The number of carbonyl (C=O) groups excluding carboxylic acids is 1. The van der Waals surface area contributed by atoms with Crippen LogP contribution in [0.5, 0.6) is 0 Å². The Labute approximate surface area is 145 Å². The number of carbonyl (C=O) groups is 1. The maximum absolute atomic E-state index is 11.8. The van der Waals surface area contributed by atoms with Crippen molar-refractivity contribution in [2.75, 3.05) is 6.61 Å². The highest BCUT2D eigenvalue weighted by Crippen LogP contribution is 2.27. The van der Waals surface area contributed by atoms with Crippen LogP contribution in [0, 0.1) is 4.91 Å². The van der Waals surface area contributed by atoms with E-state index < -0.39 is 5.97 Å². The summed E-state index contributed by atoms with van der Waals surface area (Å²) in [5.41, 5.74) is 3.04. The molecule has 0 amide bonds. The molecule has 0 bridgehead atoms. The zero-order chi connectivity index (χ0) is 18.0. The summed E-state index contributed by atoms with van der Waals surface area (Å²) < 4.78 is 8.85. The van der Waals surface area contributed by atoms with Gasteiger partial charge in [0.25, 0.3) is 0 Å². The number of fused-ring (bicyclic) bond motifs is 1. The highest BCUT2D eigenvalue weighted by Gasteiger charge is 2.14. The molecule has 0 saturated carbocycles. The van der Waals surface area contributed by atoms with Crippen molar-refractivity contribution in [2.24, 2.45) is 5.18 Å². The fourth-order valence-electron chi connectivity index (χ4n) is 2.87. The summed E-state index contributed by atoms with van der Waals surface area (Å²) in [6.07, 6.45) is 5.18. The molecule has 0 aliphatic carbocycles. The molecule has 7 heteroatoms. The van der Waals surface area contributed by atoms with Gasteiger partial charge in [-0.1, -0.05) is 5.18 Å². The second-order valence-electron chi connectivity index (χ2n) is 6.03. The van der Waals surface area contributed by atoms with E-state index in [9.17, 15) is 9.70 Å². The molecule has 7 nitrogen and oxygen atoms in total. The maximum Gasteiger partial charge on any atom is 0.358 e. The standard InChI is InChI=1S/C18H20N4O3/c1-4-25-18(23)16-10-21(11-19-16)14-5-6-17-15(7-14)13(8-20-24)9-22(17)12(2)3/h5-7,9-12H,4,8H2,1-3H3. The van der Waals surface area contributed by atoms with Gasteiger partial charge in [0.15, 0.2) is 5.69 Å². The summed E-state index contributed by atoms with van der Waals surface area (Å²) in [5.74, 6) is -0.445. The highest BCUT2D eigenvalue weighted by atomic mass is 16.5. The third kappa shape index (κ3) is 3.17. The van der Waals surface area contributed by atoms with Crippen LogP contribution < -0.4 is 0 Å². The van der Waals surface area contributed by atoms with E-state index in [-0.39, 0.29) is 18.3 Å². The summed E-state index contributed by atoms with van der Waals surface area (Å²) in [7, 11) is 0. The van der Waals surface area contributed by atoms with Gasteiger partial charge in [-0.15, -0.1) is 0 Å². The summed E-state index contributed by atoms with van der Waals surface area (Å²) in [6, 6.07) is 6.21. The first-order valence-corrected chi connectivity index (χ1v) is 8.19. The molecule has 0 saturated heterocycles. The van der Waals surface area contributed by atoms with Crippen molar-refractivity contribution in [1.82, 2.24) is 14.1 Å². The van der Waals surface area contributed by atoms with Crippen molar-refractivity contribution in [3.8, 4) is 5.69 Å². The Morgan fingerprint density at radius 2 is 2.12 bits per heavy atom. The lowest BCUT2D eigenvalue weighted by molar-refractivity contribution is 0.0520. The number of ether oxygens (including phenoxy) is 1. The molecule has 0 aliphatic heterocycles. The van der Waals surface area contributed by atoms with Gasteiger partial charge in [-0.05, 0) is 39.0 Å². The average molecular weight is 340 g/mol. The van der Waals surface area contributed by atoms with Crippen LogP contribution in [0.2, 0.25) is 0 Å². The summed E-state index contributed by atoms with van der Waals surface area (Å²) >= 11 is 0. The Hall–Kier alpha value is -2.96. The lowest BCUT2D eigenvalue weighted by atomic mass is 10.1. The van der Waals surface area contributed by atoms with Crippen molar-refractivity contribution in [3.63, 3.8) is 0 Å². The van der Waals surface area contributed by atoms with Crippen molar-refractivity contribution < 1.29 is 9.53 Å². The maximum atomic E-state index is 11.8. The van der Waals surface area contributed by atoms with Gasteiger partial charge in [0.05, 0.1) is 6.61 Å². The number of nitrogens with zero attached hydrogens (tertiary/aromatic N) is 4. The highest BCUT2D eigenvalue weighted by molar-refractivity contribution is 5.88. The van der Waals surface area contributed by atoms with Gasteiger partial charge >= 0.3 is 5.97 Å². The molecule has 0 unspecified atom stereocenters. The summed E-state index contributed by atoms with van der Waals surface area (Å²) in [4.78, 5) is 26.6. The second-order valence-corrected chi connectivity index (χ2v) is 6.03. The molecule has 3 aromatic rings. The van der Waals surface area contributed by atoms with Crippen molar-refractivity contribution in [2.45, 2.75) is 33.4 Å². The van der Waals surface area contributed by atoms with Gasteiger partial charge in [0.2, 0.25) is 0 Å². The SMILES string of the molecule is CCOC(=O)c1cn(-c2ccc3c(c2)c(CN=O)cn3C(C)C)cn1. The molecule has 0 aliphatic rings. The third-order valence-corrected chi connectivity index (χ3v) is 4.06. The number of aromatic nitrogens is 3. The monoisotopic (exact) mass is 340 g/mol. The lowest BCUT2D eigenvalue weighted by Gasteiger charge is -2.09. The molecule has 0 fully saturated rings. The smallest absolute Gasteiger partial charge is 0.358 e. The number of imidazole rings is 1. The van der Waals surface area contributed by atoms with Gasteiger partial charge in [0.1, 0.15) is 12.9 Å². The van der Waals surface area contributed by atoms with Gasteiger partial charge in [-0.2, -0.15) is 4.91 Å². The number of benzene rings is 1. The largest absolute Gasteiger partial charge is 0.461 e. The van der Waals surface area contributed by atoms with Gasteiger partial charge in [-0.25, -0.2) is 9.78 Å². The normalized spacial score (nSPS) is 11.2. The zero-order valence-corrected chi connectivity index (χ0v) is 14.5. The Morgan fingerprint density at radius 3 is 2.80 bits per heavy atom. The molecule has 0 spiro atoms. The van der Waals surface area contributed by atoms with Gasteiger partial charge < -0.3 is 13.9 Å². The molecule has 0 atom stereocenters. The Kier molecular flexibility index (Phi) is 4.65. The van der Waals surface area contributed by atoms with Crippen molar-refractivity contribution >= 4 is 16.9 Å². The van der Waals surface area contributed by atoms with Gasteiger partial charge in [-0.3, -0.25) is 0 Å². The van der Waals surface area contributed by atoms with E-state index in [1.54, 1.807) is 24.0 Å². The fourth-order valence-corrected chi connectivity index (χ4v) is 2.87. The van der Waals surface area contributed by atoms with Crippen molar-refractivity contribution in [3.05, 3.63) is 53.1 Å². The predicted octanol–water partition coefficient (Wildman–Crippen LogP) is 3.85. The first kappa shape index (κ1) is 16.9. The minimum Gasteiger partial charge on any atom is -0.461 e. The third-order valence-electron chi connectivity index (χ3n) is 4.06. The minimum absolute atomic E-state index is 0.123. The van der Waals surface area contributed by atoms with Crippen LogP contribution in [-0.4, -0.2) is 26.7 Å². The molecule has 25 heavy (non-hydrogen) atoms. The van der Waals surface area contributed by atoms with Crippen LogP contribution in [-0.2, 0) is 11.3 Å². The molecule has 0 radical (unpaired) electrons. The first-order valence-electron chi connectivity index (χ1n) is 8.19. The quantitative estimate of drug-likeness (QED) is 0.504. The average Bonchev–Trinajstić information content (AvgIpc) is 3.20. The van der Waals surface area contributed by atoms with Crippen LogP contribution in [0.15, 0.2) is 42.1 Å². The lowest BCUT2D eigenvalue weighted by Crippen LogP contribution is -2.04. The van der Waals surface area contributed by atoms with Crippen LogP contribution in [0.1, 0.15) is 42.9 Å². The number of nitroso groups, excluding NO2 is 1. The Balaban J connectivity index is 2.05. The number of hydrogen-bond acceptors (Lipinski definition) is 5. The molecular formula is C18H20N4O3. The van der Waals surface area contributed by atoms with E-state index in [1.807, 2.05) is 24.4 Å². The zero-order valence-electron chi connectivity index (χ0n) is 14.5. The molecule has 2 heterocycles. The molecular weight excluding hydrogens is 320 g/mol. The molecule has 2 aromatic heterocycles. The van der Waals surface area contributed by atoms with E-state index in [4.69, 9.17) is 4.74 Å². The number of rotatable bonds is 6. The minimum atomic E-state index is -0.445. The second kappa shape index (κ2) is 6.88. The predicted molar refractivity (Wildman–Crippen MR) is 94.9 cm³/mol. The molecule has 0 N–H and O–H groups in total. The van der Waals surface area contributed by atoms with Crippen molar-refractivity contribution in [1.29, 1.82) is 0 Å². The van der Waals surface area contributed by atoms with Crippen LogP contribution in [0.3, 0.4) is 0 Å². The van der Waals surface area contributed by atoms with E-state index in [2.05, 4.69) is 28.6 Å². The van der Waals surface area contributed by atoms with E-state index >= 15 is 0 Å². The number of hydrogen-bond donors (Lipinski definition) is 0. The van der Waals surface area contributed by atoms with Crippen LogP contribution in [0.4, 0.5) is 0 Å². The molecule has 3 rings (SSSR count). The van der Waals surface area contributed by atoms with E-state index in [0.717, 1.165) is 22.2 Å². The van der Waals surface area contributed by atoms with Gasteiger partial charge in [0, 0.05) is 40.6 Å². The fraction of sp³-hybridized carbons (Fsp3) is 0.333. The summed E-state index contributed by atoms with van der Waals surface area (Å²) in [5, 5.41) is 4.00. The Bertz CT molecular complexity index is 924. The first-order chi connectivity index (χ1) is 12.0. The van der Waals surface area contributed by atoms with E-state index in [0.29, 0.717) is 6.61 Å². The van der Waals surface area contributed by atoms with Crippen LogP contribution in [0.25, 0.3) is 16.6 Å². The number of esters is 1. The molecule has 1 aromatic carbocycles. The van der Waals surface area contributed by atoms with Crippen LogP contribution >= 0.6 is 0 Å². The molecule has 130 valence electrons. The Morgan fingerprint density at radius 1 is 1.32 bits per heavy atom. The summed E-state index contributed by atoms with van der Waals surface area (Å²) in [6.45, 7) is 6.37. The van der Waals surface area contributed by atoms with E-state index in [1.165, 1.54) is 0 Å².